The minimum absolute atomic E-state index is 0.0120. The number of rotatable bonds is 4. The van der Waals surface area contributed by atoms with Gasteiger partial charge in [0.15, 0.2) is 0 Å². The molecule has 0 aliphatic carbocycles. The van der Waals surface area contributed by atoms with Crippen molar-refractivity contribution in [3.63, 3.8) is 0 Å². The summed E-state index contributed by atoms with van der Waals surface area (Å²) in [6.07, 6.45) is 2.53. The van der Waals surface area contributed by atoms with Crippen LogP contribution in [0.3, 0.4) is 0 Å². The molecule has 7 heteroatoms. The lowest BCUT2D eigenvalue weighted by Crippen LogP contribution is -2.09. The molecule has 0 atom stereocenters. The Hall–Kier alpha value is -2.73. The third kappa shape index (κ3) is 3.89. The third-order valence-electron chi connectivity index (χ3n) is 2.73. The van der Waals surface area contributed by atoms with Gasteiger partial charge in [-0.1, -0.05) is 29.8 Å². The molecule has 0 saturated carbocycles. The van der Waals surface area contributed by atoms with Gasteiger partial charge in [0.1, 0.15) is 10.8 Å². The lowest BCUT2D eigenvalue weighted by molar-refractivity contribution is -0.384. The van der Waals surface area contributed by atoms with Crippen LogP contribution in [0, 0.1) is 15.9 Å². The van der Waals surface area contributed by atoms with Gasteiger partial charge in [0.2, 0.25) is 5.91 Å². The quantitative estimate of drug-likeness (QED) is 0.525. The van der Waals surface area contributed by atoms with Crippen LogP contribution < -0.4 is 5.32 Å². The molecule has 0 aliphatic rings. The van der Waals surface area contributed by atoms with E-state index in [0.29, 0.717) is 5.56 Å². The number of hydrogen-bond donors (Lipinski definition) is 1. The number of para-hydroxylation sites is 1. The van der Waals surface area contributed by atoms with E-state index in [4.69, 9.17) is 11.6 Å². The smallest absolute Gasteiger partial charge is 0.288 e. The number of hydrogen-bond acceptors (Lipinski definition) is 3. The molecule has 5 nitrogen and oxygen atoms in total. The minimum Gasteiger partial charge on any atom is -0.320 e. The molecule has 0 saturated heterocycles. The topological polar surface area (TPSA) is 72.2 Å². The largest absolute Gasteiger partial charge is 0.320 e. The van der Waals surface area contributed by atoms with E-state index in [2.05, 4.69) is 5.32 Å². The van der Waals surface area contributed by atoms with Gasteiger partial charge in [-0.05, 0) is 29.8 Å². The molecular weight excluding hydrogens is 311 g/mol. The number of anilines is 1. The van der Waals surface area contributed by atoms with Crippen molar-refractivity contribution in [3.8, 4) is 0 Å². The summed E-state index contributed by atoms with van der Waals surface area (Å²) in [5.74, 6) is -1.10. The highest BCUT2D eigenvalue weighted by Crippen LogP contribution is 2.25. The average Bonchev–Trinajstić information content (AvgIpc) is 2.48. The van der Waals surface area contributed by atoms with Gasteiger partial charge in [0.05, 0.1) is 10.6 Å². The number of carbonyl (C=O) groups excluding carboxylic acids is 1. The van der Waals surface area contributed by atoms with Crippen LogP contribution >= 0.6 is 11.6 Å². The lowest BCUT2D eigenvalue weighted by atomic mass is 10.2. The highest BCUT2D eigenvalue weighted by Gasteiger charge is 2.11. The molecule has 0 heterocycles. The Balaban J connectivity index is 2.12. The normalized spacial score (nSPS) is 10.6. The van der Waals surface area contributed by atoms with Gasteiger partial charge in [-0.25, -0.2) is 4.39 Å². The molecule has 112 valence electrons. The van der Waals surface area contributed by atoms with Crippen molar-refractivity contribution in [1.29, 1.82) is 0 Å². The lowest BCUT2D eigenvalue weighted by Gasteiger charge is -2.02. The fraction of sp³-hybridized carbons (Fsp3) is 0. The zero-order valence-electron chi connectivity index (χ0n) is 11.1. The third-order valence-corrected chi connectivity index (χ3v) is 3.05. The Kier molecular flexibility index (Phi) is 4.85. The predicted octanol–water partition coefficient (Wildman–Crippen LogP) is 4.04. The molecular formula is C15H10ClFN2O3. The summed E-state index contributed by atoms with van der Waals surface area (Å²) < 4.78 is 13.4. The van der Waals surface area contributed by atoms with Gasteiger partial charge >= 0.3 is 0 Å². The summed E-state index contributed by atoms with van der Waals surface area (Å²) in [7, 11) is 0. The number of amides is 1. The average molecular weight is 321 g/mol. The van der Waals surface area contributed by atoms with Crippen LogP contribution in [0.25, 0.3) is 6.08 Å². The second kappa shape index (κ2) is 6.82. The molecule has 0 radical (unpaired) electrons. The molecule has 0 fully saturated rings. The first-order chi connectivity index (χ1) is 10.5. The number of halogens is 2. The van der Waals surface area contributed by atoms with Crippen LogP contribution in [0.1, 0.15) is 5.56 Å². The van der Waals surface area contributed by atoms with E-state index in [1.807, 2.05) is 0 Å². The molecule has 1 N–H and O–H groups in total. The summed E-state index contributed by atoms with van der Waals surface area (Å²) in [5, 5.41) is 13.1. The highest BCUT2D eigenvalue weighted by molar-refractivity contribution is 6.32. The minimum atomic E-state index is -0.612. The van der Waals surface area contributed by atoms with Crippen molar-refractivity contribution < 1.29 is 14.1 Å². The maximum absolute atomic E-state index is 13.4. The molecule has 2 rings (SSSR count). The van der Waals surface area contributed by atoms with E-state index < -0.39 is 16.6 Å². The van der Waals surface area contributed by atoms with Gasteiger partial charge in [-0.2, -0.15) is 0 Å². The first-order valence-corrected chi connectivity index (χ1v) is 6.52. The van der Waals surface area contributed by atoms with Crippen molar-refractivity contribution in [2.45, 2.75) is 0 Å². The summed E-state index contributed by atoms with van der Waals surface area (Å²) >= 11 is 5.69. The van der Waals surface area contributed by atoms with Crippen LogP contribution in [0.4, 0.5) is 15.8 Å². The van der Waals surface area contributed by atoms with Crippen molar-refractivity contribution in [3.05, 3.63) is 75.1 Å². The SMILES string of the molecule is O=C(/C=C/c1ccc(Cl)c([N+](=O)[O-])c1)Nc1ccccc1F. The Bertz CT molecular complexity index is 762. The molecule has 0 unspecified atom stereocenters. The number of nitrogens with one attached hydrogen (secondary N) is 1. The maximum Gasteiger partial charge on any atom is 0.288 e. The number of benzene rings is 2. The first kappa shape index (κ1) is 15.7. The molecule has 22 heavy (non-hydrogen) atoms. The summed E-state index contributed by atoms with van der Waals surface area (Å²) in [5.41, 5.74) is 0.234. The Morgan fingerprint density at radius 3 is 2.68 bits per heavy atom. The van der Waals surface area contributed by atoms with Gasteiger partial charge in [-0.15, -0.1) is 0 Å². The number of nitro groups is 1. The standard InChI is InChI=1S/C15H10ClFN2O3/c16-11-7-5-10(9-14(11)19(21)22)6-8-15(20)18-13-4-2-1-3-12(13)17/h1-9H,(H,18,20)/b8-6+. The molecule has 0 aliphatic heterocycles. The van der Waals surface area contributed by atoms with Gasteiger partial charge in [0.25, 0.3) is 5.69 Å². The van der Waals surface area contributed by atoms with Crippen LogP contribution in [0.5, 0.6) is 0 Å². The Labute approximate surface area is 130 Å². The molecule has 0 bridgehead atoms. The van der Waals surface area contributed by atoms with E-state index in [9.17, 15) is 19.3 Å². The van der Waals surface area contributed by atoms with Gasteiger partial charge < -0.3 is 5.32 Å². The first-order valence-electron chi connectivity index (χ1n) is 6.15. The van der Waals surface area contributed by atoms with Crippen LogP contribution in [0.15, 0.2) is 48.5 Å². The molecule has 0 spiro atoms. The number of nitrogens with zero attached hydrogens (tertiary/aromatic N) is 1. The second-order valence-electron chi connectivity index (χ2n) is 4.27. The molecule has 0 aromatic heterocycles. The second-order valence-corrected chi connectivity index (χ2v) is 4.68. The van der Waals surface area contributed by atoms with Crippen molar-refractivity contribution in [1.82, 2.24) is 0 Å². The summed E-state index contributed by atoms with van der Waals surface area (Å²) in [6.45, 7) is 0. The van der Waals surface area contributed by atoms with Crippen LogP contribution in [0.2, 0.25) is 5.02 Å². The van der Waals surface area contributed by atoms with E-state index in [-0.39, 0.29) is 16.4 Å². The Morgan fingerprint density at radius 1 is 1.27 bits per heavy atom. The predicted molar refractivity (Wildman–Crippen MR) is 82.2 cm³/mol. The number of carbonyl (C=O) groups is 1. The van der Waals surface area contributed by atoms with E-state index in [1.54, 1.807) is 6.07 Å². The van der Waals surface area contributed by atoms with E-state index >= 15 is 0 Å². The highest BCUT2D eigenvalue weighted by atomic mass is 35.5. The molecule has 1 amide bonds. The van der Waals surface area contributed by atoms with Crippen LogP contribution in [-0.4, -0.2) is 10.8 Å². The Morgan fingerprint density at radius 2 is 2.00 bits per heavy atom. The van der Waals surface area contributed by atoms with Crippen LogP contribution in [-0.2, 0) is 4.79 Å². The van der Waals surface area contributed by atoms with Crippen molar-refractivity contribution in [2.24, 2.45) is 0 Å². The van der Waals surface area contributed by atoms with Gasteiger partial charge in [0, 0.05) is 12.1 Å². The fourth-order valence-corrected chi connectivity index (χ4v) is 1.87. The van der Waals surface area contributed by atoms with Gasteiger partial charge in [-0.3, -0.25) is 14.9 Å². The zero-order valence-corrected chi connectivity index (χ0v) is 11.9. The monoisotopic (exact) mass is 320 g/mol. The van der Waals surface area contributed by atoms with Crippen molar-refractivity contribution in [2.75, 3.05) is 5.32 Å². The summed E-state index contributed by atoms with van der Waals surface area (Å²) in [6, 6.07) is 9.89. The van der Waals surface area contributed by atoms with Crippen molar-refractivity contribution >= 4 is 35.0 Å². The fourth-order valence-electron chi connectivity index (χ4n) is 1.68. The van der Waals surface area contributed by atoms with E-state index in [1.165, 1.54) is 42.5 Å². The maximum atomic E-state index is 13.4. The molecule has 2 aromatic carbocycles. The zero-order chi connectivity index (χ0) is 16.1. The molecule has 2 aromatic rings. The van der Waals surface area contributed by atoms with E-state index in [0.717, 1.165) is 6.08 Å². The number of nitro benzene ring substituents is 1. The summed E-state index contributed by atoms with van der Waals surface area (Å²) in [4.78, 5) is 21.9.